The van der Waals surface area contributed by atoms with Crippen molar-refractivity contribution in [3.8, 4) is 29.0 Å². The minimum absolute atomic E-state index is 0.381. The van der Waals surface area contributed by atoms with Crippen molar-refractivity contribution in [2.45, 2.75) is 0 Å². The minimum Gasteiger partial charge on any atom is -0.334 e. The molecule has 7 heteroatoms. The number of nitrogens with zero attached hydrogens (tertiary/aromatic N) is 4. The SMILES string of the molecule is N#Cc1ccc(-c2nc(-c3ncc(Br)cc3Br)no2)cc1. The highest BCUT2D eigenvalue weighted by atomic mass is 79.9. The van der Waals surface area contributed by atoms with E-state index in [2.05, 4.69) is 53.1 Å². The number of nitriles is 1. The second-order valence-corrected chi connectivity index (χ2v) is 5.87. The van der Waals surface area contributed by atoms with Crippen molar-refractivity contribution in [3.63, 3.8) is 0 Å². The molecule has 3 rings (SSSR count). The number of halogens is 2. The van der Waals surface area contributed by atoms with Gasteiger partial charge in [0.1, 0.15) is 5.69 Å². The van der Waals surface area contributed by atoms with Gasteiger partial charge < -0.3 is 4.52 Å². The van der Waals surface area contributed by atoms with Crippen molar-refractivity contribution >= 4 is 31.9 Å². The lowest BCUT2D eigenvalue weighted by Gasteiger charge is -1.98. The van der Waals surface area contributed by atoms with E-state index in [-0.39, 0.29) is 0 Å². The monoisotopic (exact) mass is 404 g/mol. The molecule has 0 N–H and O–H groups in total. The third-order valence-electron chi connectivity index (χ3n) is 2.71. The Hall–Kier alpha value is -2.04. The van der Waals surface area contributed by atoms with E-state index in [0.717, 1.165) is 14.5 Å². The Kier molecular flexibility index (Phi) is 3.82. The zero-order chi connectivity index (χ0) is 14.8. The molecule has 3 aromatic rings. The van der Waals surface area contributed by atoms with Crippen LogP contribution in [0, 0.1) is 11.3 Å². The normalized spacial score (nSPS) is 10.3. The van der Waals surface area contributed by atoms with Crippen molar-refractivity contribution in [3.05, 3.63) is 51.0 Å². The van der Waals surface area contributed by atoms with Crippen molar-refractivity contribution in [2.24, 2.45) is 0 Å². The molecule has 0 atom stereocenters. The molecular weight excluding hydrogens is 400 g/mol. The first-order valence-corrected chi connectivity index (χ1v) is 7.41. The molecule has 21 heavy (non-hydrogen) atoms. The average molecular weight is 406 g/mol. The molecule has 0 amide bonds. The Morgan fingerprint density at radius 1 is 1.14 bits per heavy atom. The predicted octanol–water partition coefficient (Wildman–Crippen LogP) is 4.20. The molecule has 102 valence electrons. The molecule has 0 radical (unpaired) electrons. The van der Waals surface area contributed by atoms with Gasteiger partial charge in [-0.2, -0.15) is 10.2 Å². The minimum atomic E-state index is 0.381. The fraction of sp³-hybridized carbons (Fsp3) is 0. The lowest BCUT2D eigenvalue weighted by Crippen LogP contribution is -1.87. The summed E-state index contributed by atoms with van der Waals surface area (Å²) in [5, 5.41) is 12.7. The van der Waals surface area contributed by atoms with Crippen LogP contribution in [0.4, 0.5) is 0 Å². The average Bonchev–Trinajstić information content (AvgIpc) is 2.97. The predicted molar refractivity (Wildman–Crippen MR) is 83.1 cm³/mol. The van der Waals surface area contributed by atoms with E-state index in [1.807, 2.05) is 6.07 Å². The fourth-order valence-corrected chi connectivity index (χ4v) is 2.87. The summed E-state index contributed by atoms with van der Waals surface area (Å²) in [6, 6.07) is 10.9. The van der Waals surface area contributed by atoms with Crippen molar-refractivity contribution in [2.75, 3.05) is 0 Å². The van der Waals surface area contributed by atoms with Crippen LogP contribution >= 0.6 is 31.9 Å². The summed E-state index contributed by atoms with van der Waals surface area (Å²) >= 11 is 6.76. The van der Waals surface area contributed by atoms with Crippen LogP contribution in [0.25, 0.3) is 23.0 Å². The summed E-state index contributed by atoms with van der Waals surface area (Å²) in [6.07, 6.45) is 1.66. The molecule has 0 fully saturated rings. The van der Waals surface area contributed by atoms with Crippen molar-refractivity contribution < 1.29 is 4.52 Å². The quantitative estimate of drug-likeness (QED) is 0.638. The van der Waals surface area contributed by atoms with E-state index >= 15 is 0 Å². The van der Waals surface area contributed by atoms with Crippen LogP contribution in [0.2, 0.25) is 0 Å². The Labute approximate surface area is 136 Å². The maximum absolute atomic E-state index is 8.79. The second-order valence-electron chi connectivity index (χ2n) is 4.10. The molecule has 0 spiro atoms. The van der Waals surface area contributed by atoms with Gasteiger partial charge in [-0.1, -0.05) is 5.16 Å². The molecule has 0 aliphatic carbocycles. The van der Waals surface area contributed by atoms with Gasteiger partial charge in [0.2, 0.25) is 5.82 Å². The maximum atomic E-state index is 8.79. The van der Waals surface area contributed by atoms with Gasteiger partial charge in [-0.15, -0.1) is 0 Å². The first kappa shape index (κ1) is 13.9. The van der Waals surface area contributed by atoms with E-state index in [4.69, 9.17) is 9.78 Å². The molecule has 2 aromatic heterocycles. The maximum Gasteiger partial charge on any atom is 0.258 e. The summed E-state index contributed by atoms with van der Waals surface area (Å²) in [7, 11) is 0. The highest BCUT2D eigenvalue weighted by Crippen LogP contribution is 2.28. The topological polar surface area (TPSA) is 75.6 Å². The molecule has 0 aliphatic heterocycles. The van der Waals surface area contributed by atoms with Crippen LogP contribution in [0.1, 0.15) is 5.56 Å². The molecule has 2 heterocycles. The largest absolute Gasteiger partial charge is 0.334 e. The third-order valence-corrected chi connectivity index (χ3v) is 3.74. The first-order chi connectivity index (χ1) is 10.2. The number of hydrogen-bond acceptors (Lipinski definition) is 5. The number of hydrogen-bond donors (Lipinski definition) is 0. The Bertz CT molecular complexity index is 837. The van der Waals surface area contributed by atoms with Crippen molar-refractivity contribution in [1.29, 1.82) is 5.26 Å². The number of aromatic nitrogens is 3. The van der Waals surface area contributed by atoms with Gasteiger partial charge in [-0.05, 0) is 62.2 Å². The van der Waals surface area contributed by atoms with Gasteiger partial charge in [-0.25, -0.2) is 0 Å². The molecule has 1 aromatic carbocycles. The highest BCUT2D eigenvalue weighted by Gasteiger charge is 2.14. The van der Waals surface area contributed by atoms with Gasteiger partial charge >= 0.3 is 0 Å². The number of pyridine rings is 1. The van der Waals surface area contributed by atoms with Gasteiger partial charge in [-0.3, -0.25) is 4.98 Å². The van der Waals surface area contributed by atoms with Gasteiger partial charge in [0.15, 0.2) is 0 Å². The summed E-state index contributed by atoms with van der Waals surface area (Å²) in [5.41, 5.74) is 1.93. The summed E-state index contributed by atoms with van der Waals surface area (Å²) in [6.45, 7) is 0. The van der Waals surface area contributed by atoms with Crippen LogP contribution in [0.5, 0.6) is 0 Å². The standard InChI is InChI=1S/C14H6Br2N4O/c15-10-5-11(16)12(18-7-10)13-19-14(21-20-13)9-3-1-8(6-17)2-4-9/h1-5,7H. The lowest BCUT2D eigenvalue weighted by molar-refractivity contribution is 0.432. The smallest absolute Gasteiger partial charge is 0.258 e. The fourth-order valence-electron chi connectivity index (χ4n) is 1.70. The number of rotatable bonds is 2. The van der Waals surface area contributed by atoms with Crippen LogP contribution in [-0.4, -0.2) is 15.1 Å². The van der Waals surface area contributed by atoms with Crippen molar-refractivity contribution in [1.82, 2.24) is 15.1 Å². The van der Waals surface area contributed by atoms with E-state index < -0.39 is 0 Å². The molecule has 0 aliphatic rings. The second kappa shape index (κ2) is 5.76. The molecule has 0 unspecified atom stereocenters. The molecular formula is C14H6Br2N4O. The van der Waals surface area contributed by atoms with E-state index in [0.29, 0.717) is 23.0 Å². The van der Waals surface area contributed by atoms with Crippen LogP contribution in [0.15, 0.2) is 50.0 Å². The van der Waals surface area contributed by atoms with Gasteiger partial charge in [0.25, 0.3) is 5.89 Å². The zero-order valence-corrected chi connectivity index (χ0v) is 13.6. The Morgan fingerprint density at radius 2 is 1.90 bits per heavy atom. The van der Waals surface area contributed by atoms with Crippen LogP contribution < -0.4 is 0 Å². The summed E-state index contributed by atoms with van der Waals surface area (Å²) < 4.78 is 6.87. The van der Waals surface area contributed by atoms with Gasteiger partial charge in [0.05, 0.1) is 11.6 Å². The molecule has 0 saturated heterocycles. The molecule has 0 saturated carbocycles. The number of benzene rings is 1. The van der Waals surface area contributed by atoms with E-state index in [1.165, 1.54) is 0 Å². The van der Waals surface area contributed by atoms with E-state index in [1.54, 1.807) is 30.5 Å². The van der Waals surface area contributed by atoms with Crippen LogP contribution in [0.3, 0.4) is 0 Å². The Balaban J connectivity index is 1.97. The highest BCUT2D eigenvalue weighted by molar-refractivity contribution is 9.11. The zero-order valence-electron chi connectivity index (χ0n) is 10.4. The lowest BCUT2D eigenvalue weighted by atomic mass is 10.1. The first-order valence-electron chi connectivity index (χ1n) is 5.83. The molecule has 0 bridgehead atoms. The van der Waals surface area contributed by atoms with E-state index in [9.17, 15) is 0 Å². The molecule has 5 nitrogen and oxygen atoms in total. The third kappa shape index (κ3) is 2.86. The summed E-state index contributed by atoms with van der Waals surface area (Å²) in [5.74, 6) is 0.778. The van der Waals surface area contributed by atoms with Gasteiger partial charge in [0, 0.05) is 20.7 Å². The van der Waals surface area contributed by atoms with Crippen LogP contribution in [-0.2, 0) is 0 Å². The summed E-state index contributed by atoms with van der Waals surface area (Å²) in [4.78, 5) is 8.59. The Morgan fingerprint density at radius 3 is 2.57 bits per heavy atom.